The van der Waals surface area contributed by atoms with Crippen molar-refractivity contribution in [3.8, 4) is 11.5 Å². The molecule has 0 bridgehead atoms. The van der Waals surface area contributed by atoms with E-state index in [0.29, 0.717) is 0 Å². The van der Waals surface area contributed by atoms with Crippen molar-refractivity contribution in [3.63, 3.8) is 0 Å². The Morgan fingerprint density at radius 2 is 1.45 bits per heavy atom. The molecule has 1 atom stereocenters. The van der Waals surface area contributed by atoms with Crippen molar-refractivity contribution in [2.24, 2.45) is 0 Å². The molecule has 0 amide bonds. The molecule has 1 aromatic heterocycles. The fourth-order valence-corrected chi connectivity index (χ4v) is 4.29. The molecule has 8 heteroatoms. The predicted molar refractivity (Wildman–Crippen MR) is 129 cm³/mol. The van der Waals surface area contributed by atoms with Crippen LogP contribution in [0.3, 0.4) is 0 Å². The van der Waals surface area contributed by atoms with Crippen LogP contribution in [0.25, 0.3) is 0 Å². The van der Waals surface area contributed by atoms with Gasteiger partial charge in [-0.05, 0) is 72.7 Å². The van der Waals surface area contributed by atoms with Crippen molar-refractivity contribution in [3.05, 3.63) is 59.9 Å². The number of aromatic nitrogens is 4. The molecule has 2 heterocycles. The van der Waals surface area contributed by atoms with E-state index in [1.54, 1.807) is 14.2 Å². The zero-order valence-corrected chi connectivity index (χ0v) is 20.2. The molecule has 1 unspecified atom stereocenters. The zero-order chi connectivity index (χ0) is 23.4. The summed E-state index contributed by atoms with van der Waals surface area (Å²) in [5.41, 5.74) is 2.21. The molecule has 1 saturated heterocycles. The maximum absolute atomic E-state index is 5.39. The van der Waals surface area contributed by atoms with Crippen LogP contribution in [0.1, 0.15) is 44.6 Å². The standard InChI is InChI=1S/C25H34N6O2/c1-6-25(2,3)31-24(26-27-28-31)23(19-7-11-21(32-4)12-8-19)30-17-15-29(16-18-30)20-9-13-22(33-5)14-10-20/h7-14,23H,6,15-18H2,1-5H3. The van der Waals surface area contributed by atoms with Crippen LogP contribution in [0.15, 0.2) is 48.5 Å². The molecular weight excluding hydrogens is 416 g/mol. The van der Waals surface area contributed by atoms with Crippen LogP contribution in [0.4, 0.5) is 5.69 Å². The summed E-state index contributed by atoms with van der Waals surface area (Å²) < 4.78 is 12.7. The van der Waals surface area contributed by atoms with Gasteiger partial charge in [0.15, 0.2) is 5.82 Å². The van der Waals surface area contributed by atoms with Crippen molar-refractivity contribution in [1.82, 2.24) is 25.1 Å². The predicted octanol–water partition coefficient (Wildman–Crippen LogP) is 3.75. The number of tetrazole rings is 1. The van der Waals surface area contributed by atoms with E-state index in [1.807, 2.05) is 28.9 Å². The minimum atomic E-state index is -0.172. The minimum Gasteiger partial charge on any atom is -0.497 e. The lowest BCUT2D eigenvalue weighted by Gasteiger charge is -2.40. The maximum atomic E-state index is 5.39. The van der Waals surface area contributed by atoms with Gasteiger partial charge < -0.3 is 14.4 Å². The maximum Gasteiger partial charge on any atom is 0.173 e. The molecular formula is C25H34N6O2. The molecule has 33 heavy (non-hydrogen) atoms. The monoisotopic (exact) mass is 450 g/mol. The van der Waals surface area contributed by atoms with Crippen molar-refractivity contribution in [1.29, 1.82) is 0 Å². The summed E-state index contributed by atoms with van der Waals surface area (Å²) in [7, 11) is 3.38. The lowest BCUT2D eigenvalue weighted by molar-refractivity contribution is 0.187. The van der Waals surface area contributed by atoms with Crippen molar-refractivity contribution < 1.29 is 9.47 Å². The van der Waals surface area contributed by atoms with Gasteiger partial charge in [-0.2, -0.15) is 0 Å². The smallest absolute Gasteiger partial charge is 0.173 e. The zero-order valence-electron chi connectivity index (χ0n) is 20.2. The van der Waals surface area contributed by atoms with Gasteiger partial charge in [-0.1, -0.05) is 19.1 Å². The van der Waals surface area contributed by atoms with Gasteiger partial charge in [0.25, 0.3) is 0 Å². The van der Waals surface area contributed by atoms with Crippen molar-refractivity contribution >= 4 is 5.69 Å². The highest BCUT2D eigenvalue weighted by molar-refractivity contribution is 5.49. The third-order valence-corrected chi connectivity index (χ3v) is 6.73. The van der Waals surface area contributed by atoms with Gasteiger partial charge in [-0.25, -0.2) is 4.68 Å². The van der Waals surface area contributed by atoms with Crippen LogP contribution in [-0.4, -0.2) is 65.5 Å². The van der Waals surface area contributed by atoms with Gasteiger partial charge in [-0.3, -0.25) is 4.90 Å². The van der Waals surface area contributed by atoms with E-state index in [4.69, 9.17) is 9.47 Å². The van der Waals surface area contributed by atoms with E-state index in [2.05, 4.69) is 70.4 Å². The van der Waals surface area contributed by atoms with E-state index >= 15 is 0 Å². The summed E-state index contributed by atoms with van der Waals surface area (Å²) in [6, 6.07) is 16.5. The lowest BCUT2D eigenvalue weighted by atomic mass is 9.99. The molecule has 0 radical (unpaired) electrons. The molecule has 1 aliphatic heterocycles. The van der Waals surface area contributed by atoms with E-state index in [9.17, 15) is 0 Å². The second-order valence-electron chi connectivity index (χ2n) is 9.01. The highest BCUT2D eigenvalue weighted by Crippen LogP contribution is 2.33. The summed E-state index contributed by atoms with van der Waals surface area (Å²) >= 11 is 0. The van der Waals surface area contributed by atoms with Gasteiger partial charge in [0, 0.05) is 31.9 Å². The second-order valence-corrected chi connectivity index (χ2v) is 9.01. The average Bonchev–Trinajstić information content (AvgIpc) is 3.35. The normalized spacial score (nSPS) is 16.0. The number of benzene rings is 2. The fourth-order valence-electron chi connectivity index (χ4n) is 4.29. The molecule has 0 N–H and O–H groups in total. The third-order valence-electron chi connectivity index (χ3n) is 6.73. The number of ether oxygens (including phenoxy) is 2. The first-order valence-electron chi connectivity index (χ1n) is 11.5. The van der Waals surface area contributed by atoms with Gasteiger partial charge in [0.05, 0.1) is 25.8 Å². The molecule has 0 saturated carbocycles. The van der Waals surface area contributed by atoms with Crippen LogP contribution in [-0.2, 0) is 5.54 Å². The number of rotatable bonds is 8. The summed E-state index contributed by atoms with van der Waals surface area (Å²) in [6.45, 7) is 10.2. The van der Waals surface area contributed by atoms with Gasteiger partial charge in [-0.15, -0.1) is 5.10 Å². The van der Waals surface area contributed by atoms with Crippen LogP contribution in [0.2, 0.25) is 0 Å². The topological polar surface area (TPSA) is 68.5 Å². The summed E-state index contributed by atoms with van der Waals surface area (Å²) in [4.78, 5) is 4.90. The summed E-state index contributed by atoms with van der Waals surface area (Å²) in [5.74, 6) is 2.60. The summed E-state index contributed by atoms with van der Waals surface area (Å²) in [6.07, 6.45) is 0.936. The van der Waals surface area contributed by atoms with E-state index in [1.165, 1.54) is 5.69 Å². The molecule has 8 nitrogen and oxygen atoms in total. The molecule has 176 valence electrons. The lowest BCUT2D eigenvalue weighted by Crippen LogP contribution is -2.48. The Hall–Kier alpha value is -3.13. The third kappa shape index (κ3) is 4.80. The average molecular weight is 451 g/mol. The first-order valence-corrected chi connectivity index (χ1v) is 11.5. The molecule has 1 fully saturated rings. The van der Waals surface area contributed by atoms with Crippen LogP contribution < -0.4 is 14.4 Å². The molecule has 3 aromatic rings. The number of anilines is 1. The van der Waals surface area contributed by atoms with Crippen molar-refractivity contribution in [2.45, 2.75) is 38.8 Å². The molecule has 0 aliphatic carbocycles. The molecule has 4 rings (SSSR count). The highest BCUT2D eigenvalue weighted by Gasteiger charge is 2.34. The van der Waals surface area contributed by atoms with Crippen LogP contribution in [0.5, 0.6) is 11.5 Å². The SMILES string of the molecule is CCC(C)(C)n1nnnc1C(c1ccc(OC)cc1)N1CCN(c2ccc(OC)cc2)CC1. The quantitative estimate of drug-likeness (QED) is 0.518. The number of methoxy groups -OCH3 is 2. The minimum absolute atomic E-state index is 0.0326. The van der Waals surface area contributed by atoms with Crippen molar-refractivity contribution in [2.75, 3.05) is 45.3 Å². The Balaban J connectivity index is 1.61. The van der Waals surface area contributed by atoms with Gasteiger partial charge in [0.1, 0.15) is 11.5 Å². The second kappa shape index (κ2) is 9.79. The number of piperazine rings is 1. The molecule has 0 spiro atoms. The molecule has 1 aliphatic rings. The first-order chi connectivity index (χ1) is 16.0. The fraction of sp³-hybridized carbons (Fsp3) is 0.480. The number of nitrogens with zero attached hydrogens (tertiary/aromatic N) is 6. The summed E-state index contributed by atoms with van der Waals surface area (Å²) in [5, 5.41) is 13.0. The Bertz CT molecular complexity index is 1020. The van der Waals surface area contributed by atoms with Gasteiger partial charge in [0.2, 0.25) is 0 Å². The number of hydrogen-bond acceptors (Lipinski definition) is 7. The first kappa shape index (κ1) is 23.0. The molecule has 2 aromatic carbocycles. The van der Waals surface area contributed by atoms with Crippen LogP contribution >= 0.6 is 0 Å². The van der Waals surface area contributed by atoms with Crippen LogP contribution in [0, 0.1) is 0 Å². The van der Waals surface area contributed by atoms with E-state index in [0.717, 1.165) is 55.5 Å². The largest absolute Gasteiger partial charge is 0.497 e. The Morgan fingerprint density at radius 3 is 2.00 bits per heavy atom. The van der Waals surface area contributed by atoms with E-state index < -0.39 is 0 Å². The number of hydrogen-bond donors (Lipinski definition) is 0. The highest BCUT2D eigenvalue weighted by atomic mass is 16.5. The Labute approximate surface area is 196 Å². The Kier molecular flexibility index (Phi) is 6.83. The Morgan fingerprint density at radius 1 is 0.879 bits per heavy atom. The van der Waals surface area contributed by atoms with Gasteiger partial charge >= 0.3 is 0 Å². The van der Waals surface area contributed by atoms with E-state index in [-0.39, 0.29) is 11.6 Å².